The fourth-order valence-electron chi connectivity index (χ4n) is 1.47. The van der Waals surface area contributed by atoms with Crippen molar-refractivity contribution >= 4 is 23.6 Å². The van der Waals surface area contributed by atoms with Crippen LogP contribution in [0.15, 0.2) is 0 Å². The van der Waals surface area contributed by atoms with Crippen molar-refractivity contribution in [2.45, 2.75) is 18.6 Å². The quantitative estimate of drug-likeness (QED) is 0.670. The van der Waals surface area contributed by atoms with E-state index >= 15 is 0 Å². The number of carboxylic acids is 1. The average molecular weight is 248 g/mol. The van der Waals surface area contributed by atoms with Crippen molar-refractivity contribution in [2.75, 3.05) is 25.3 Å². The molecule has 1 saturated heterocycles. The molecule has 1 heterocycles. The standard InChI is InChI=1S/C9H16N2O4S/c1-15-6(3-10)2-8(12)11-5-16-4-7(11)9(13)14/h6-7H,2-5,10H2,1H3,(H,13,14). The zero-order chi connectivity index (χ0) is 12.1. The summed E-state index contributed by atoms with van der Waals surface area (Å²) in [6.45, 7) is 0.251. The van der Waals surface area contributed by atoms with Crippen LogP contribution in [0.2, 0.25) is 0 Å². The van der Waals surface area contributed by atoms with Crippen LogP contribution in [0.5, 0.6) is 0 Å². The van der Waals surface area contributed by atoms with Crippen LogP contribution in [0, 0.1) is 0 Å². The number of aliphatic carboxylic acids is 1. The molecule has 1 aliphatic heterocycles. The smallest absolute Gasteiger partial charge is 0.327 e. The summed E-state index contributed by atoms with van der Waals surface area (Å²) in [4.78, 5) is 24.0. The molecule has 1 aliphatic rings. The maximum atomic E-state index is 11.8. The fraction of sp³-hybridized carbons (Fsp3) is 0.778. The minimum Gasteiger partial charge on any atom is -0.480 e. The summed E-state index contributed by atoms with van der Waals surface area (Å²) in [7, 11) is 1.48. The van der Waals surface area contributed by atoms with E-state index in [9.17, 15) is 9.59 Å². The number of rotatable bonds is 5. The van der Waals surface area contributed by atoms with Crippen molar-refractivity contribution in [3.63, 3.8) is 0 Å². The number of ether oxygens (including phenoxy) is 1. The van der Waals surface area contributed by atoms with Gasteiger partial charge < -0.3 is 20.5 Å². The van der Waals surface area contributed by atoms with Crippen LogP contribution in [0.4, 0.5) is 0 Å². The number of nitrogens with two attached hydrogens (primary N) is 1. The highest BCUT2D eigenvalue weighted by molar-refractivity contribution is 7.99. The molecule has 16 heavy (non-hydrogen) atoms. The van der Waals surface area contributed by atoms with Gasteiger partial charge in [0.05, 0.1) is 18.4 Å². The topological polar surface area (TPSA) is 92.9 Å². The number of nitrogens with zero attached hydrogens (tertiary/aromatic N) is 1. The van der Waals surface area contributed by atoms with Crippen LogP contribution in [0.1, 0.15) is 6.42 Å². The summed E-state index contributed by atoms with van der Waals surface area (Å²) in [5.41, 5.74) is 5.41. The van der Waals surface area contributed by atoms with Gasteiger partial charge in [0.25, 0.3) is 0 Å². The average Bonchev–Trinajstić information content (AvgIpc) is 2.74. The predicted molar refractivity (Wildman–Crippen MR) is 60.1 cm³/mol. The highest BCUT2D eigenvalue weighted by Gasteiger charge is 2.34. The van der Waals surface area contributed by atoms with Crippen LogP contribution in [-0.4, -0.2) is 59.3 Å². The van der Waals surface area contributed by atoms with Crippen LogP contribution in [-0.2, 0) is 14.3 Å². The maximum Gasteiger partial charge on any atom is 0.327 e. The number of carbonyl (C=O) groups excluding carboxylic acids is 1. The van der Waals surface area contributed by atoms with Crippen molar-refractivity contribution in [3.05, 3.63) is 0 Å². The summed E-state index contributed by atoms with van der Waals surface area (Å²) < 4.78 is 5.00. The molecular formula is C9H16N2O4S. The second-order valence-electron chi connectivity index (χ2n) is 3.51. The van der Waals surface area contributed by atoms with E-state index in [2.05, 4.69) is 0 Å². The molecule has 0 aromatic heterocycles. The molecule has 0 radical (unpaired) electrons. The number of hydrogen-bond donors (Lipinski definition) is 2. The van der Waals surface area contributed by atoms with Gasteiger partial charge >= 0.3 is 5.97 Å². The minimum absolute atomic E-state index is 0.136. The highest BCUT2D eigenvalue weighted by Crippen LogP contribution is 2.22. The van der Waals surface area contributed by atoms with Gasteiger partial charge in [-0.05, 0) is 0 Å². The summed E-state index contributed by atoms with van der Waals surface area (Å²) in [6.07, 6.45) is -0.204. The number of hydrogen-bond acceptors (Lipinski definition) is 5. The van der Waals surface area contributed by atoms with E-state index in [-0.39, 0.29) is 25.0 Å². The molecule has 6 nitrogen and oxygen atoms in total. The number of carboxylic acid groups (broad SMARTS) is 1. The molecule has 7 heteroatoms. The van der Waals surface area contributed by atoms with Gasteiger partial charge in [-0.1, -0.05) is 0 Å². The van der Waals surface area contributed by atoms with Gasteiger partial charge in [0.1, 0.15) is 6.04 Å². The Kier molecular flexibility index (Phi) is 5.04. The lowest BCUT2D eigenvalue weighted by Gasteiger charge is -2.22. The molecule has 0 saturated carbocycles. The maximum absolute atomic E-state index is 11.8. The third-order valence-corrected chi connectivity index (χ3v) is 3.50. The van der Waals surface area contributed by atoms with Gasteiger partial charge in [0, 0.05) is 19.4 Å². The van der Waals surface area contributed by atoms with Crippen LogP contribution in [0.3, 0.4) is 0 Å². The Hall–Kier alpha value is -0.790. The Balaban J connectivity index is 2.56. The first-order valence-electron chi connectivity index (χ1n) is 4.93. The van der Waals surface area contributed by atoms with Gasteiger partial charge in [-0.3, -0.25) is 4.79 Å². The van der Waals surface area contributed by atoms with Gasteiger partial charge in [-0.2, -0.15) is 0 Å². The molecule has 1 rings (SSSR count). The van der Waals surface area contributed by atoms with Crippen LogP contribution < -0.4 is 5.73 Å². The Bertz CT molecular complexity index is 270. The summed E-state index contributed by atoms with van der Waals surface area (Å²) >= 11 is 1.44. The second-order valence-corrected chi connectivity index (χ2v) is 4.51. The molecule has 0 aliphatic carbocycles. The van der Waals surface area contributed by atoms with Crippen molar-refractivity contribution in [2.24, 2.45) is 5.73 Å². The lowest BCUT2D eigenvalue weighted by molar-refractivity contribution is -0.148. The molecule has 1 fully saturated rings. The molecule has 2 unspecified atom stereocenters. The minimum atomic E-state index is -0.958. The zero-order valence-corrected chi connectivity index (χ0v) is 9.90. The van der Waals surface area contributed by atoms with Crippen LogP contribution in [0.25, 0.3) is 0 Å². The number of carbonyl (C=O) groups is 2. The highest BCUT2D eigenvalue weighted by atomic mass is 32.2. The van der Waals surface area contributed by atoms with E-state index < -0.39 is 12.0 Å². The normalized spacial score (nSPS) is 22.1. The fourth-order valence-corrected chi connectivity index (χ4v) is 2.64. The number of amides is 1. The summed E-state index contributed by atoms with van der Waals surface area (Å²) in [6, 6.07) is -0.715. The largest absolute Gasteiger partial charge is 0.480 e. The number of methoxy groups -OCH3 is 1. The zero-order valence-electron chi connectivity index (χ0n) is 9.09. The molecule has 2 atom stereocenters. The van der Waals surface area contributed by atoms with E-state index in [1.54, 1.807) is 0 Å². The Morgan fingerprint density at radius 3 is 2.88 bits per heavy atom. The van der Waals surface area contributed by atoms with E-state index in [0.717, 1.165) is 0 Å². The van der Waals surface area contributed by atoms with Crippen molar-refractivity contribution < 1.29 is 19.4 Å². The van der Waals surface area contributed by atoms with Gasteiger partial charge in [0.15, 0.2) is 0 Å². The first kappa shape index (κ1) is 13.3. The third kappa shape index (κ3) is 3.10. The molecular weight excluding hydrogens is 232 g/mol. The van der Waals surface area contributed by atoms with Gasteiger partial charge in [-0.25, -0.2) is 4.79 Å². The van der Waals surface area contributed by atoms with Gasteiger partial charge in [-0.15, -0.1) is 11.8 Å². The molecule has 0 aromatic carbocycles. The SMILES string of the molecule is COC(CN)CC(=O)N1CSCC1C(=O)O. The van der Waals surface area contributed by atoms with E-state index in [4.69, 9.17) is 15.6 Å². The lowest BCUT2D eigenvalue weighted by atomic mass is 10.2. The molecule has 1 amide bonds. The van der Waals surface area contributed by atoms with Gasteiger partial charge in [0.2, 0.25) is 5.91 Å². The predicted octanol–water partition coefficient (Wildman–Crippen LogP) is -0.664. The first-order valence-corrected chi connectivity index (χ1v) is 6.08. The molecule has 0 spiro atoms. The van der Waals surface area contributed by atoms with Crippen molar-refractivity contribution in [1.82, 2.24) is 4.90 Å². The third-order valence-electron chi connectivity index (χ3n) is 2.49. The molecule has 3 N–H and O–H groups in total. The van der Waals surface area contributed by atoms with E-state index in [1.165, 1.54) is 23.8 Å². The Labute approximate surface area is 98.1 Å². The Morgan fingerprint density at radius 1 is 1.69 bits per heavy atom. The van der Waals surface area contributed by atoms with Crippen LogP contribution >= 0.6 is 11.8 Å². The molecule has 0 bridgehead atoms. The Morgan fingerprint density at radius 2 is 2.38 bits per heavy atom. The number of thioether (sulfide) groups is 1. The summed E-state index contributed by atoms with van der Waals surface area (Å²) in [5, 5.41) is 8.92. The van der Waals surface area contributed by atoms with E-state index in [1.807, 2.05) is 0 Å². The monoisotopic (exact) mass is 248 g/mol. The lowest BCUT2D eigenvalue weighted by Crippen LogP contribution is -2.43. The van der Waals surface area contributed by atoms with E-state index in [0.29, 0.717) is 11.6 Å². The first-order chi connectivity index (χ1) is 7.60. The van der Waals surface area contributed by atoms with Crippen molar-refractivity contribution in [3.8, 4) is 0 Å². The second kappa shape index (κ2) is 6.07. The molecule has 0 aromatic rings. The summed E-state index contributed by atoms with van der Waals surface area (Å²) in [5.74, 6) is -0.298. The van der Waals surface area contributed by atoms with Crippen molar-refractivity contribution in [1.29, 1.82) is 0 Å². The molecule has 92 valence electrons.